The van der Waals surface area contributed by atoms with E-state index in [0.29, 0.717) is 23.3 Å². The van der Waals surface area contributed by atoms with Crippen LogP contribution in [0.25, 0.3) is 0 Å². The van der Waals surface area contributed by atoms with Gasteiger partial charge in [0.2, 0.25) is 0 Å². The molecular formula is C22H30O4. The number of benzene rings is 1. The van der Waals surface area contributed by atoms with Gasteiger partial charge in [-0.15, -0.1) is 0 Å². The standard InChI is InChI=1S/C22H30O4/c1-5-6-7-8-14-12-17-19(20(23)18(14)21(24)25)15-11-13(2)9-10-16(15)22(3,4)26-17/h11-12,15-16,23H,5-10H2,1-4H3,(H,24,25)/t15-,16-/m0/s1. The van der Waals surface area contributed by atoms with Crippen molar-refractivity contribution in [2.75, 3.05) is 0 Å². The second kappa shape index (κ2) is 6.98. The maximum absolute atomic E-state index is 11.9. The Morgan fingerprint density at radius 3 is 2.73 bits per heavy atom. The maximum atomic E-state index is 11.9. The topological polar surface area (TPSA) is 66.8 Å². The van der Waals surface area contributed by atoms with Crippen LogP contribution in [0.2, 0.25) is 0 Å². The number of carboxylic acid groups (broad SMARTS) is 1. The third-order valence-corrected chi connectivity index (χ3v) is 5.99. The fraction of sp³-hybridized carbons (Fsp3) is 0.591. The van der Waals surface area contributed by atoms with Crippen LogP contribution >= 0.6 is 0 Å². The van der Waals surface area contributed by atoms with Gasteiger partial charge in [-0.3, -0.25) is 0 Å². The van der Waals surface area contributed by atoms with Gasteiger partial charge in [-0.2, -0.15) is 0 Å². The predicted octanol–water partition coefficient (Wildman–Crippen LogP) is 5.43. The van der Waals surface area contributed by atoms with E-state index in [1.165, 1.54) is 5.57 Å². The Hall–Kier alpha value is -1.97. The molecule has 0 saturated carbocycles. The SMILES string of the molecule is CCCCCc1cc2c(c(O)c1C(=O)O)[C@H]1C=C(C)CC[C@@H]1C(C)(C)O2. The second-order valence-corrected chi connectivity index (χ2v) is 8.32. The molecule has 0 radical (unpaired) electrons. The van der Waals surface area contributed by atoms with Crippen LogP contribution in [0.5, 0.6) is 11.5 Å². The first-order valence-electron chi connectivity index (χ1n) is 9.74. The van der Waals surface area contributed by atoms with Gasteiger partial charge in [0.15, 0.2) is 0 Å². The lowest BCUT2D eigenvalue weighted by molar-refractivity contribution is 0.0106. The molecule has 1 aromatic carbocycles. The van der Waals surface area contributed by atoms with Gasteiger partial charge in [0.05, 0.1) is 0 Å². The molecular weight excluding hydrogens is 328 g/mol. The van der Waals surface area contributed by atoms with Crippen molar-refractivity contribution in [1.82, 2.24) is 0 Å². The molecule has 1 aromatic rings. The average molecular weight is 358 g/mol. The van der Waals surface area contributed by atoms with Crippen LogP contribution in [0, 0.1) is 5.92 Å². The Bertz CT molecular complexity index is 745. The summed E-state index contributed by atoms with van der Waals surface area (Å²) in [7, 11) is 0. The molecule has 2 aliphatic rings. The largest absolute Gasteiger partial charge is 0.507 e. The van der Waals surface area contributed by atoms with E-state index in [9.17, 15) is 15.0 Å². The van der Waals surface area contributed by atoms with Crippen molar-refractivity contribution < 1.29 is 19.7 Å². The molecule has 2 N–H and O–H groups in total. The molecule has 0 amide bonds. The lowest BCUT2D eigenvalue weighted by atomic mass is 9.67. The number of aromatic hydroxyl groups is 1. The zero-order valence-corrected chi connectivity index (χ0v) is 16.3. The highest BCUT2D eigenvalue weighted by Crippen LogP contribution is 2.54. The molecule has 142 valence electrons. The highest BCUT2D eigenvalue weighted by atomic mass is 16.5. The number of unbranched alkanes of at least 4 members (excludes halogenated alkanes) is 2. The molecule has 4 heteroatoms. The Kier molecular flexibility index (Phi) is 5.05. The van der Waals surface area contributed by atoms with Gasteiger partial charge in [-0.25, -0.2) is 4.79 Å². The van der Waals surface area contributed by atoms with Crippen molar-refractivity contribution in [3.8, 4) is 11.5 Å². The molecule has 0 fully saturated rings. The highest BCUT2D eigenvalue weighted by Gasteiger charge is 2.46. The van der Waals surface area contributed by atoms with E-state index in [0.717, 1.165) is 32.1 Å². The van der Waals surface area contributed by atoms with E-state index in [-0.39, 0.29) is 28.7 Å². The van der Waals surface area contributed by atoms with Crippen molar-refractivity contribution in [2.24, 2.45) is 5.92 Å². The first kappa shape index (κ1) is 18.8. The molecule has 3 rings (SSSR count). The smallest absolute Gasteiger partial charge is 0.339 e. The lowest BCUT2D eigenvalue weighted by Gasteiger charge is -2.46. The number of hydrogen-bond donors (Lipinski definition) is 2. The van der Waals surface area contributed by atoms with Crippen LogP contribution in [0.3, 0.4) is 0 Å². The van der Waals surface area contributed by atoms with Gasteiger partial charge in [-0.05, 0) is 58.1 Å². The number of allylic oxidation sites excluding steroid dienone is 2. The van der Waals surface area contributed by atoms with Crippen LogP contribution in [0.15, 0.2) is 17.7 Å². The fourth-order valence-corrected chi connectivity index (χ4v) is 4.61. The fourth-order valence-electron chi connectivity index (χ4n) is 4.61. The number of carbonyl (C=O) groups is 1. The van der Waals surface area contributed by atoms with Crippen LogP contribution < -0.4 is 4.74 Å². The zero-order valence-electron chi connectivity index (χ0n) is 16.3. The van der Waals surface area contributed by atoms with Crippen LogP contribution in [0.1, 0.15) is 87.2 Å². The van der Waals surface area contributed by atoms with E-state index >= 15 is 0 Å². The van der Waals surface area contributed by atoms with E-state index in [1.807, 2.05) is 6.07 Å². The third-order valence-electron chi connectivity index (χ3n) is 5.99. The van der Waals surface area contributed by atoms with Crippen molar-refractivity contribution in [3.05, 3.63) is 34.4 Å². The Balaban J connectivity index is 2.15. The molecule has 1 aliphatic heterocycles. The van der Waals surface area contributed by atoms with E-state index in [4.69, 9.17) is 4.74 Å². The minimum absolute atomic E-state index is 0.00490. The van der Waals surface area contributed by atoms with Crippen molar-refractivity contribution in [1.29, 1.82) is 0 Å². The molecule has 0 unspecified atom stereocenters. The second-order valence-electron chi connectivity index (χ2n) is 8.32. The summed E-state index contributed by atoms with van der Waals surface area (Å²) in [5, 5.41) is 20.7. The molecule has 4 nitrogen and oxygen atoms in total. The Labute approximate surface area is 155 Å². The molecule has 1 aliphatic carbocycles. The summed E-state index contributed by atoms with van der Waals surface area (Å²) < 4.78 is 6.30. The molecule has 0 bridgehead atoms. The van der Waals surface area contributed by atoms with Crippen molar-refractivity contribution >= 4 is 5.97 Å². The number of fused-ring (bicyclic) bond motifs is 3. The minimum atomic E-state index is -1.06. The summed E-state index contributed by atoms with van der Waals surface area (Å²) in [6, 6.07) is 1.86. The van der Waals surface area contributed by atoms with Gasteiger partial charge in [0, 0.05) is 17.4 Å². The number of ether oxygens (including phenoxy) is 1. The Morgan fingerprint density at radius 2 is 2.08 bits per heavy atom. The normalized spacial score (nSPS) is 23.5. The van der Waals surface area contributed by atoms with Crippen molar-refractivity contribution in [2.45, 2.75) is 77.7 Å². The lowest BCUT2D eigenvalue weighted by Crippen LogP contribution is -2.45. The van der Waals surface area contributed by atoms with E-state index in [1.54, 1.807) is 0 Å². The number of rotatable bonds is 5. The molecule has 0 aromatic heterocycles. The van der Waals surface area contributed by atoms with Gasteiger partial charge >= 0.3 is 5.97 Å². The van der Waals surface area contributed by atoms with Gasteiger partial charge in [0.25, 0.3) is 0 Å². The number of phenols is 1. The summed E-state index contributed by atoms with van der Waals surface area (Å²) in [6.45, 7) is 8.42. The quantitative estimate of drug-likeness (QED) is 0.544. The highest BCUT2D eigenvalue weighted by molar-refractivity contribution is 5.94. The number of carboxylic acids is 1. The molecule has 0 saturated heterocycles. The number of hydrogen-bond acceptors (Lipinski definition) is 3. The molecule has 1 heterocycles. The first-order chi connectivity index (χ1) is 12.3. The molecule has 0 spiro atoms. The molecule has 2 atom stereocenters. The average Bonchev–Trinajstić information content (AvgIpc) is 2.53. The molecule has 26 heavy (non-hydrogen) atoms. The minimum Gasteiger partial charge on any atom is -0.507 e. The van der Waals surface area contributed by atoms with Crippen molar-refractivity contribution in [3.63, 3.8) is 0 Å². The number of aromatic carboxylic acids is 1. The summed E-state index contributed by atoms with van der Waals surface area (Å²) in [5.41, 5.74) is 2.34. The van der Waals surface area contributed by atoms with Crippen LogP contribution in [0.4, 0.5) is 0 Å². The van der Waals surface area contributed by atoms with Crippen LogP contribution in [-0.4, -0.2) is 21.8 Å². The summed E-state index contributed by atoms with van der Waals surface area (Å²) >= 11 is 0. The number of aryl methyl sites for hydroxylation is 1. The zero-order chi connectivity index (χ0) is 19.1. The third kappa shape index (κ3) is 3.22. The van der Waals surface area contributed by atoms with Gasteiger partial charge < -0.3 is 14.9 Å². The summed E-state index contributed by atoms with van der Waals surface area (Å²) in [4.78, 5) is 11.9. The van der Waals surface area contributed by atoms with Gasteiger partial charge in [0.1, 0.15) is 22.7 Å². The van der Waals surface area contributed by atoms with E-state index < -0.39 is 5.97 Å². The first-order valence-corrected chi connectivity index (χ1v) is 9.74. The van der Waals surface area contributed by atoms with E-state index in [2.05, 4.69) is 33.8 Å². The van der Waals surface area contributed by atoms with Gasteiger partial charge in [-0.1, -0.05) is 31.4 Å². The van der Waals surface area contributed by atoms with Crippen LogP contribution in [-0.2, 0) is 6.42 Å². The summed E-state index contributed by atoms with van der Waals surface area (Å²) in [5.74, 6) is -0.272. The monoisotopic (exact) mass is 358 g/mol. The predicted molar refractivity (Wildman–Crippen MR) is 102 cm³/mol. The Morgan fingerprint density at radius 1 is 1.35 bits per heavy atom. The maximum Gasteiger partial charge on any atom is 0.339 e. The summed E-state index contributed by atoms with van der Waals surface area (Å²) in [6.07, 6.45) is 7.85.